The predicted molar refractivity (Wildman–Crippen MR) is 106 cm³/mol. The maximum absolute atomic E-state index is 12.5. The number of pyridine rings is 1. The third-order valence-corrected chi connectivity index (χ3v) is 5.00. The summed E-state index contributed by atoms with van der Waals surface area (Å²) in [5.41, 5.74) is 0.343. The molecule has 3 aromatic rings. The monoisotopic (exact) mass is 415 g/mol. The molecular weight excluding hydrogens is 398 g/mol. The summed E-state index contributed by atoms with van der Waals surface area (Å²) in [6.07, 6.45) is -1.17. The molecule has 1 aromatic heterocycles. The lowest BCUT2D eigenvalue weighted by molar-refractivity contribution is -0.123. The Balaban J connectivity index is 1.73. The van der Waals surface area contributed by atoms with Crippen LogP contribution in [-0.4, -0.2) is 31.4 Å². The Morgan fingerprint density at radius 1 is 1.10 bits per heavy atom. The molecule has 1 amide bonds. The van der Waals surface area contributed by atoms with Crippen molar-refractivity contribution >= 4 is 38.5 Å². The van der Waals surface area contributed by atoms with Crippen LogP contribution in [0.5, 0.6) is 0 Å². The first-order chi connectivity index (χ1) is 13.6. The van der Waals surface area contributed by atoms with Crippen molar-refractivity contribution in [2.45, 2.75) is 17.9 Å². The van der Waals surface area contributed by atoms with Gasteiger partial charge in [-0.1, -0.05) is 18.2 Å². The number of carbonyl (C=O) groups excluding carboxylic acids is 2. The topological polar surface area (TPSA) is 148 Å². The van der Waals surface area contributed by atoms with Gasteiger partial charge in [-0.05, 0) is 37.3 Å². The van der Waals surface area contributed by atoms with E-state index in [1.165, 1.54) is 31.2 Å². The van der Waals surface area contributed by atoms with Crippen molar-refractivity contribution in [3.8, 4) is 0 Å². The highest BCUT2D eigenvalue weighted by atomic mass is 32.2. The normalized spacial score (nSPS) is 12.3. The molecule has 1 atom stereocenters. The number of sulfonamides is 1. The number of benzene rings is 2. The summed E-state index contributed by atoms with van der Waals surface area (Å²) in [6.45, 7) is 1.38. The smallest absolute Gasteiger partial charge is 0.339 e. The number of hydrogen-bond donors (Lipinski definition) is 3. The van der Waals surface area contributed by atoms with Crippen LogP contribution in [0.25, 0.3) is 10.9 Å². The fraction of sp³-hybridized carbons (Fsp3) is 0.105. The average Bonchev–Trinajstić information content (AvgIpc) is 2.66. The van der Waals surface area contributed by atoms with Gasteiger partial charge in [-0.3, -0.25) is 9.59 Å². The molecule has 0 aliphatic rings. The lowest BCUT2D eigenvalue weighted by Gasteiger charge is -2.14. The van der Waals surface area contributed by atoms with Gasteiger partial charge < -0.3 is 15.0 Å². The number of anilines is 1. The summed E-state index contributed by atoms with van der Waals surface area (Å²) >= 11 is 0. The van der Waals surface area contributed by atoms with Gasteiger partial charge in [-0.2, -0.15) is 0 Å². The number of carbonyl (C=O) groups is 2. The van der Waals surface area contributed by atoms with E-state index in [1.54, 1.807) is 24.3 Å². The number of primary sulfonamides is 1. The molecule has 1 heterocycles. The fourth-order valence-electron chi connectivity index (χ4n) is 2.62. The zero-order valence-corrected chi connectivity index (χ0v) is 16.0. The van der Waals surface area contributed by atoms with Crippen molar-refractivity contribution in [3.05, 3.63) is 70.5 Å². The van der Waals surface area contributed by atoms with Gasteiger partial charge >= 0.3 is 5.97 Å². The highest BCUT2D eigenvalue weighted by Gasteiger charge is 2.21. The summed E-state index contributed by atoms with van der Waals surface area (Å²) in [4.78, 5) is 39.1. The van der Waals surface area contributed by atoms with Crippen LogP contribution >= 0.6 is 0 Å². The third kappa shape index (κ3) is 4.68. The van der Waals surface area contributed by atoms with Crippen LogP contribution < -0.4 is 16.0 Å². The highest BCUT2D eigenvalue weighted by molar-refractivity contribution is 7.89. The summed E-state index contributed by atoms with van der Waals surface area (Å²) in [5, 5.41) is 8.01. The zero-order chi connectivity index (χ0) is 21.2. The number of amides is 1. The van der Waals surface area contributed by atoms with Gasteiger partial charge in [-0.25, -0.2) is 18.4 Å². The summed E-state index contributed by atoms with van der Waals surface area (Å²) in [5.74, 6) is -1.45. The van der Waals surface area contributed by atoms with Crippen molar-refractivity contribution in [2.75, 3.05) is 5.32 Å². The van der Waals surface area contributed by atoms with E-state index in [4.69, 9.17) is 9.88 Å². The van der Waals surface area contributed by atoms with Gasteiger partial charge in [0.05, 0.1) is 10.5 Å². The maximum atomic E-state index is 12.5. The number of aromatic nitrogens is 1. The molecule has 0 fully saturated rings. The summed E-state index contributed by atoms with van der Waals surface area (Å²) in [7, 11) is -3.84. The minimum atomic E-state index is -3.84. The van der Waals surface area contributed by atoms with Gasteiger partial charge in [0.15, 0.2) is 6.10 Å². The van der Waals surface area contributed by atoms with E-state index < -0.39 is 33.6 Å². The van der Waals surface area contributed by atoms with Crippen molar-refractivity contribution in [1.82, 2.24) is 4.98 Å². The SMILES string of the molecule is CC(OC(=O)c1cc(=O)[nH]c2ccccc12)C(=O)Nc1ccc(S(N)(=O)=O)cc1. The quantitative estimate of drug-likeness (QED) is 0.536. The predicted octanol–water partition coefficient (Wildman–Crippen LogP) is 1.36. The Morgan fingerprint density at radius 2 is 1.76 bits per heavy atom. The van der Waals surface area contributed by atoms with E-state index in [0.717, 1.165) is 6.07 Å². The lowest BCUT2D eigenvalue weighted by Crippen LogP contribution is -2.30. The molecule has 0 bridgehead atoms. The number of rotatable bonds is 5. The molecule has 4 N–H and O–H groups in total. The van der Waals surface area contributed by atoms with E-state index in [9.17, 15) is 22.8 Å². The second-order valence-corrected chi connectivity index (χ2v) is 7.76. The Hall–Kier alpha value is -3.50. The maximum Gasteiger partial charge on any atom is 0.339 e. The molecule has 1 unspecified atom stereocenters. The second-order valence-electron chi connectivity index (χ2n) is 6.20. The molecule has 150 valence electrons. The van der Waals surface area contributed by atoms with E-state index in [-0.39, 0.29) is 10.5 Å². The zero-order valence-electron chi connectivity index (χ0n) is 15.2. The van der Waals surface area contributed by atoms with Crippen LogP contribution in [0, 0.1) is 0 Å². The van der Waals surface area contributed by atoms with Crippen LogP contribution in [0.15, 0.2) is 64.3 Å². The molecular formula is C19H17N3O6S. The summed E-state index contributed by atoms with van der Waals surface area (Å²) < 4.78 is 27.7. The standard InChI is InChI=1S/C19H17N3O6S/c1-11(18(24)21-12-6-8-13(9-7-12)29(20,26)27)28-19(25)15-10-17(23)22-16-5-3-2-4-14(15)16/h2-11H,1H3,(H,21,24)(H,22,23)(H2,20,26,27). The molecule has 0 spiro atoms. The molecule has 10 heteroatoms. The van der Waals surface area contributed by atoms with Gasteiger partial charge in [0, 0.05) is 22.7 Å². The lowest BCUT2D eigenvalue weighted by atomic mass is 10.1. The van der Waals surface area contributed by atoms with Gasteiger partial charge in [-0.15, -0.1) is 0 Å². The Labute approximate surface area is 165 Å². The van der Waals surface area contributed by atoms with E-state index in [2.05, 4.69) is 10.3 Å². The van der Waals surface area contributed by atoms with E-state index >= 15 is 0 Å². The molecule has 9 nitrogen and oxygen atoms in total. The molecule has 29 heavy (non-hydrogen) atoms. The number of hydrogen-bond acceptors (Lipinski definition) is 6. The number of nitrogens with two attached hydrogens (primary N) is 1. The number of H-pyrrole nitrogens is 1. The van der Waals surface area contributed by atoms with E-state index in [0.29, 0.717) is 16.6 Å². The number of esters is 1. The molecule has 0 aliphatic heterocycles. The highest BCUT2D eigenvalue weighted by Crippen LogP contribution is 2.17. The van der Waals surface area contributed by atoms with Gasteiger partial charge in [0.1, 0.15) is 0 Å². The van der Waals surface area contributed by atoms with Crippen molar-refractivity contribution in [1.29, 1.82) is 0 Å². The first-order valence-corrected chi connectivity index (χ1v) is 9.96. The van der Waals surface area contributed by atoms with Crippen molar-refractivity contribution in [2.24, 2.45) is 5.14 Å². The first kappa shape index (κ1) is 20.2. The molecule has 3 rings (SSSR count). The minimum Gasteiger partial charge on any atom is -0.449 e. The largest absolute Gasteiger partial charge is 0.449 e. The third-order valence-electron chi connectivity index (χ3n) is 4.07. The van der Waals surface area contributed by atoms with Crippen molar-refractivity contribution in [3.63, 3.8) is 0 Å². The van der Waals surface area contributed by atoms with Crippen LogP contribution in [0.1, 0.15) is 17.3 Å². The van der Waals surface area contributed by atoms with Crippen LogP contribution in [-0.2, 0) is 19.6 Å². The van der Waals surface area contributed by atoms with Gasteiger partial charge in [0.25, 0.3) is 5.91 Å². The molecule has 0 aliphatic carbocycles. The molecule has 2 aromatic carbocycles. The molecule has 0 saturated carbocycles. The first-order valence-electron chi connectivity index (χ1n) is 8.42. The van der Waals surface area contributed by atoms with Gasteiger partial charge in [0.2, 0.25) is 15.6 Å². The Bertz CT molecular complexity index is 1250. The van der Waals surface area contributed by atoms with Crippen LogP contribution in [0.3, 0.4) is 0 Å². The Morgan fingerprint density at radius 3 is 2.41 bits per heavy atom. The second kappa shape index (κ2) is 7.86. The molecule has 0 radical (unpaired) electrons. The van der Waals surface area contributed by atoms with Crippen LogP contribution in [0.2, 0.25) is 0 Å². The number of aromatic amines is 1. The number of ether oxygens (including phenoxy) is 1. The fourth-order valence-corrected chi connectivity index (χ4v) is 3.14. The van der Waals surface area contributed by atoms with Crippen molar-refractivity contribution < 1.29 is 22.7 Å². The number of nitrogens with one attached hydrogen (secondary N) is 2. The number of para-hydroxylation sites is 1. The Kier molecular flexibility index (Phi) is 5.48. The molecule has 0 saturated heterocycles. The minimum absolute atomic E-state index is 0.0431. The number of fused-ring (bicyclic) bond motifs is 1. The van der Waals surface area contributed by atoms with E-state index in [1.807, 2.05) is 0 Å². The van der Waals surface area contributed by atoms with Crippen LogP contribution in [0.4, 0.5) is 5.69 Å². The average molecular weight is 415 g/mol. The summed E-state index contributed by atoms with van der Waals surface area (Å²) in [6, 6.07) is 13.0.